The zero-order valence-corrected chi connectivity index (χ0v) is 19.7. The van der Waals surface area contributed by atoms with Crippen LogP contribution in [0, 0.1) is 0 Å². The number of rotatable bonds is 3. The number of aromatic nitrogens is 2. The normalized spacial score (nSPS) is 14.7. The molecule has 1 aliphatic rings. The van der Waals surface area contributed by atoms with Gasteiger partial charge in [-0.15, -0.1) is 5.10 Å². The quantitative estimate of drug-likeness (QED) is 0.408. The Balaban J connectivity index is 1.42. The molecule has 1 saturated heterocycles. The summed E-state index contributed by atoms with van der Waals surface area (Å²) in [5.74, 6) is 0.855. The minimum Gasteiger partial charge on any atom is -0.354 e. The number of anilines is 2. The molecule has 2 amide bonds. The summed E-state index contributed by atoms with van der Waals surface area (Å²) in [6.45, 7) is 1.49. The van der Waals surface area contributed by atoms with Crippen molar-refractivity contribution in [3.8, 4) is 0 Å². The zero-order valence-electron chi connectivity index (χ0n) is 15.7. The number of carbonyl (C=O) groups excluding carboxylic acids is 1. The molecule has 0 aliphatic carbocycles. The van der Waals surface area contributed by atoms with Crippen molar-refractivity contribution in [3.05, 3.63) is 57.1 Å². The molecule has 4 rings (SSSR count). The Morgan fingerprint density at radius 2 is 2.00 bits per heavy atom. The van der Waals surface area contributed by atoms with E-state index in [1.54, 1.807) is 24.4 Å². The summed E-state index contributed by atoms with van der Waals surface area (Å²) in [6, 6.07) is 10.8. The van der Waals surface area contributed by atoms with Crippen LogP contribution in [-0.2, 0) is 0 Å². The molecular weight excluding hydrogens is 509 g/mol. The molecule has 10 heteroatoms. The molecule has 0 bridgehead atoms. The highest BCUT2D eigenvalue weighted by molar-refractivity contribution is 9.10. The summed E-state index contributed by atoms with van der Waals surface area (Å²) in [5, 5.41) is 14.1. The summed E-state index contributed by atoms with van der Waals surface area (Å²) in [5.41, 5.74) is 0.460. The van der Waals surface area contributed by atoms with E-state index < -0.39 is 0 Å². The van der Waals surface area contributed by atoms with E-state index in [2.05, 4.69) is 55.2 Å². The SMILES string of the molecule is O=C(Nc1cccc(Cl)c1Cl)N(S)C1CCN(c2nncc3ccc(Br)cc23)CC1. The average molecular weight is 527 g/mol. The van der Waals surface area contributed by atoms with Gasteiger partial charge >= 0.3 is 6.03 Å². The first-order chi connectivity index (χ1) is 14.4. The predicted molar refractivity (Wildman–Crippen MR) is 129 cm³/mol. The van der Waals surface area contributed by atoms with Crippen LogP contribution in [0.25, 0.3) is 10.8 Å². The van der Waals surface area contributed by atoms with Gasteiger partial charge in [-0.3, -0.25) is 4.31 Å². The van der Waals surface area contributed by atoms with Crippen molar-refractivity contribution >= 4 is 80.3 Å². The monoisotopic (exact) mass is 525 g/mol. The van der Waals surface area contributed by atoms with Crippen LogP contribution in [0.5, 0.6) is 0 Å². The van der Waals surface area contributed by atoms with Crippen LogP contribution in [0.15, 0.2) is 47.1 Å². The molecule has 6 nitrogen and oxygen atoms in total. The fourth-order valence-electron chi connectivity index (χ4n) is 3.53. The summed E-state index contributed by atoms with van der Waals surface area (Å²) in [4.78, 5) is 14.8. The highest BCUT2D eigenvalue weighted by Crippen LogP contribution is 2.32. The summed E-state index contributed by atoms with van der Waals surface area (Å²) in [7, 11) is 0. The number of nitrogens with zero attached hydrogens (tertiary/aromatic N) is 4. The molecule has 156 valence electrons. The van der Waals surface area contributed by atoms with E-state index in [-0.39, 0.29) is 12.1 Å². The van der Waals surface area contributed by atoms with Crippen molar-refractivity contribution in [2.24, 2.45) is 0 Å². The molecular formula is C20H18BrCl2N5OS. The number of carbonyl (C=O) groups is 1. The van der Waals surface area contributed by atoms with Gasteiger partial charge in [-0.25, -0.2) is 4.79 Å². The Morgan fingerprint density at radius 3 is 2.77 bits per heavy atom. The van der Waals surface area contributed by atoms with Crippen LogP contribution in [0.4, 0.5) is 16.3 Å². The van der Waals surface area contributed by atoms with Gasteiger partial charge in [0.1, 0.15) is 0 Å². The molecule has 1 aliphatic heterocycles. The molecule has 1 fully saturated rings. The maximum absolute atomic E-state index is 12.6. The van der Waals surface area contributed by atoms with Gasteiger partial charge in [0.2, 0.25) is 0 Å². The molecule has 0 spiro atoms. The van der Waals surface area contributed by atoms with Crippen molar-refractivity contribution in [2.75, 3.05) is 23.3 Å². The second-order valence-electron chi connectivity index (χ2n) is 6.99. The van der Waals surface area contributed by atoms with E-state index in [1.165, 1.54) is 4.31 Å². The number of benzene rings is 2. The Kier molecular flexibility index (Phi) is 6.57. The first-order valence-electron chi connectivity index (χ1n) is 9.33. The van der Waals surface area contributed by atoms with Crippen LogP contribution >= 0.6 is 51.9 Å². The second-order valence-corrected chi connectivity index (χ2v) is 9.13. The Bertz CT molecular complexity index is 1090. The number of halogens is 3. The number of piperidine rings is 1. The van der Waals surface area contributed by atoms with Gasteiger partial charge in [0.05, 0.1) is 21.9 Å². The lowest BCUT2D eigenvalue weighted by Crippen LogP contribution is -2.45. The van der Waals surface area contributed by atoms with Crippen molar-refractivity contribution in [2.45, 2.75) is 18.9 Å². The number of fused-ring (bicyclic) bond motifs is 1. The van der Waals surface area contributed by atoms with E-state index in [4.69, 9.17) is 23.2 Å². The first-order valence-corrected chi connectivity index (χ1v) is 11.3. The Hall–Kier alpha value is -1.74. The van der Waals surface area contributed by atoms with E-state index >= 15 is 0 Å². The van der Waals surface area contributed by atoms with Crippen molar-refractivity contribution in [3.63, 3.8) is 0 Å². The highest BCUT2D eigenvalue weighted by Gasteiger charge is 2.28. The number of thiol groups is 1. The van der Waals surface area contributed by atoms with E-state index in [0.717, 1.165) is 47.0 Å². The fraction of sp³-hybridized carbons (Fsp3) is 0.250. The first kappa shape index (κ1) is 21.5. The van der Waals surface area contributed by atoms with Crippen molar-refractivity contribution < 1.29 is 4.79 Å². The lowest BCUT2D eigenvalue weighted by molar-refractivity contribution is 0.223. The Labute approximate surface area is 198 Å². The molecule has 0 unspecified atom stereocenters. The largest absolute Gasteiger partial charge is 0.354 e. The van der Waals surface area contributed by atoms with E-state index in [0.29, 0.717) is 15.7 Å². The van der Waals surface area contributed by atoms with Gasteiger partial charge in [-0.2, -0.15) is 5.10 Å². The van der Waals surface area contributed by atoms with Gasteiger partial charge in [-0.05, 0) is 37.1 Å². The van der Waals surface area contributed by atoms with Crippen LogP contribution in [0.3, 0.4) is 0 Å². The molecule has 0 saturated carbocycles. The molecule has 2 aromatic carbocycles. The van der Waals surface area contributed by atoms with Gasteiger partial charge in [-0.1, -0.05) is 64.1 Å². The third-order valence-electron chi connectivity index (χ3n) is 5.12. The van der Waals surface area contributed by atoms with Crippen LogP contribution in [0.1, 0.15) is 12.8 Å². The van der Waals surface area contributed by atoms with Crippen LogP contribution < -0.4 is 10.2 Å². The zero-order chi connectivity index (χ0) is 21.3. The smallest absolute Gasteiger partial charge is 0.331 e. The second kappa shape index (κ2) is 9.18. The third-order valence-corrected chi connectivity index (χ3v) is 6.94. The number of hydrogen-bond donors (Lipinski definition) is 2. The molecule has 2 heterocycles. The highest BCUT2D eigenvalue weighted by atomic mass is 79.9. The molecule has 0 atom stereocenters. The van der Waals surface area contributed by atoms with E-state index in [1.807, 2.05) is 12.1 Å². The van der Waals surface area contributed by atoms with Crippen molar-refractivity contribution in [1.29, 1.82) is 0 Å². The third kappa shape index (κ3) is 4.46. The number of hydrogen-bond acceptors (Lipinski definition) is 5. The predicted octanol–water partition coefficient (Wildman–Crippen LogP) is 6.05. The summed E-state index contributed by atoms with van der Waals surface area (Å²) >= 11 is 20.1. The fourth-order valence-corrected chi connectivity index (χ4v) is 4.52. The maximum Gasteiger partial charge on any atom is 0.331 e. The Morgan fingerprint density at radius 1 is 1.23 bits per heavy atom. The number of amides is 2. The lowest BCUT2D eigenvalue weighted by Gasteiger charge is -2.36. The van der Waals surface area contributed by atoms with Gasteiger partial charge in [0, 0.05) is 34.4 Å². The molecule has 3 aromatic rings. The molecule has 30 heavy (non-hydrogen) atoms. The van der Waals surface area contributed by atoms with Gasteiger partial charge < -0.3 is 10.2 Å². The number of nitrogens with one attached hydrogen (secondary N) is 1. The lowest BCUT2D eigenvalue weighted by atomic mass is 10.0. The van der Waals surface area contributed by atoms with Gasteiger partial charge in [0.15, 0.2) is 5.82 Å². The van der Waals surface area contributed by atoms with Crippen LogP contribution in [-0.4, -0.2) is 39.7 Å². The molecule has 1 aromatic heterocycles. The minimum atomic E-state index is -0.338. The topological polar surface area (TPSA) is 61.4 Å². The standard InChI is InChI=1S/C20H18BrCl2N5OS/c21-13-5-4-12-11-24-26-19(15(12)10-13)27-8-6-14(7-9-27)28(30)20(29)25-17-3-1-2-16(22)18(17)23/h1-5,10-11,14,30H,6-9H2,(H,25,29). The number of urea groups is 1. The molecule has 0 radical (unpaired) electrons. The van der Waals surface area contributed by atoms with Gasteiger partial charge in [0.25, 0.3) is 0 Å². The van der Waals surface area contributed by atoms with E-state index in [9.17, 15) is 4.79 Å². The molecule has 1 N–H and O–H groups in total. The average Bonchev–Trinajstić information content (AvgIpc) is 2.76. The van der Waals surface area contributed by atoms with Crippen molar-refractivity contribution in [1.82, 2.24) is 14.5 Å². The maximum atomic E-state index is 12.6. The van der Waals surface area contributed by atoms with Crippen LogP contribution in [0.2, 0.25) is 10.0 Å². The minimum absolute atomic E-state index is 0.0165. The summed E-state index contributed by atoms with van der Waals surface area (Å²) < 4.78 is 2.43. The summed E-state index contributed by atoms with van der Waals surface area (Å²) in [6.07, 6.45) is 3.28.